The first-order valence-corrected chi connectivity index (χ1v) is 12.8. The predicted molar refractivity (Wildman–Crippen MR) is 134 cm³/mol. The van der Waals surface area contributed by atoms with Crippen LogP contribution in [0, 0.1) is 25.5 Å². The molecule has 6 rings (SSSR count). The number of halogens is 2. The van der Waals surface area contributed by atoms with Gasteiger partial charge in [-0.2, -0.15) is 0 Å². The van der Waals surface area contributed by atoms with Crippen LogP contribution in [0.5, 0.6) is 0 Å². The average molecular weight is 493 g/mol. The number of anilines is 1. The fourth-order valence-electron chi connectivity index (χ4n) is 6.11. The summed E-state index contributed by atoms with van der Waals surface area (Å²) in [5.41, 5.74) is 5.46. The summed E-state index contributed by atoms with van der Waals surface area (Å²) in [6.07, 6.45) is 4.86. The number of rotatable bonds is 4. The zero-order valence-corrected chi connectivity index (χ0v) is 20.5. The molecule has 1 N–H and O–H groups in total. The molecule has 1 saturated heterocycles. The highest BCUT2D eigenvalue weighted by Crippen LogP contribution is 2.42. The first-order valence-electron chi connectivity index (χ1n) is 12.8. The van der Waals surface area contributed by atoms with Crippen LogP contribution in [0.1, 0.15) is 67.9 Å². The van der Waals surface area contributed by atoms with E-state index in [0.717, 1.165) is 84.5 Å². The summed E-state index contributed by atoms with van der Waals surface area (Å²) >= 11 is 0. The summed E-state index contributed by atoms with van der Waals surface area (Å²) in [6, 6.07) is 10.6. The van der Waals surface area contributed by atoms with E-state index in [-0.39, 0.29) is 18.2 Å². The van der Waals surface area contributed by atoms with E-state index in [4.69, 9.17) is 9.51 Å². The van der Waals surface area contributed by atoms with Gasteiger partial charge >= 0.3 is 0 Å². The molecule has 0 amide bonds. The zero-order valence-electron chi connectivity index (χ0n) is 20.5. The van der Waals surface area contributed by atoms with E-state index in [9.17, 15) is 13.9 Å². The maximum absolute atomic E-state index is 14.1. The Morgan fingerprint density at radius 1 is 0.972 bits per heavy atom. The zero-order chi connectivity index (χ0) is 25.0. The average Bonchev–Trinajstić information content (AvgIpc) is 3.58. The highest BCUT2D eigenvalue weighted by Gasteiger charge is 2.34. The number of aliphatic hydroxyl groups excluding tert-OH is 1. The Hall–Kier alpha value is -3.26. The van der Waals surface area contributed by atoms with Crippen molar-refractivity contribution in [1.82, 2.24) is 14.7 Å². The summed E-state index contributed by atoms with van der Waals surface area (Å²) in [6.45, 7) is 4.60. The molecule has 2 aliphatic rings. The first kappa shape index (κ1) is 23.2. The smallest absolute Gasteiger partial charge is 0.160 e. The molecule has 2 aromatic heterocycles. The number of benzene rings is 2. The van der Waals surface area contributed by atoms with Gasteiger partial charge in [0.15, 0.2) is 11.6 Å². The number of nitrogens with zero attached hydrogens (tertiary/aromatic N) is 4. The van der Waals surface area contributed by atoms with Gasteiger partial charge in [0.25, 0.3) is 0 Å². The van der Waals surface area contributed by atoms with Crippen LogP contribution in [-0.4, -0.2) is 32.5 Å². The maximum atomic E-state index is 14.1. The number of hydrogen-bond donors (Lipinski definition) is 1. The van der Waals surface area contributed by atoms with Gasteiger partial charge in [-0.3, -0.25) is 0 Å². The maximum Gasteiger partial charge on any atom is 0.160 e. The van der Waals surface area contributed by atoms with Crippen LogP contribution in [0.2, 0.25) is 0 Å². The fourth-order valence-corrected chi connectivity index (χ4v) is 6.11. The minimum Gasteiger partial charge on any atom is -0.393 e. The van der Waals surface area contributed by atoms with Gasteiger partial charge in [-0.05, 0) is 82.2 Å². The summed E-state index contributed by atoms with van der Waals surface area (Å²) in [7, 11) is 0. The lowest BCUT2D eigenvalue weighted by atomic mass is 9.92. The van der Waals surface area contributed by atoms with E-state index in [1.54, 1.807) is 6.07 Å². The van der Waals surface area contributed by atoms with Crippen LogP contribution in [0.3, 0.4) is 0 Å². The second-order valence-corrected chi connectivity index (χ2v) is 10.2. The minimum absolute atomic E-state index is 0.0448. The van der Waals surface area contributed by atoms with Crippen molar-refractivity contribution in [1.29, 1.82) is 0 Å². The normalized spacial score (nSPS) is 22.6. The SMILES string of the molecule is Cc1noc(C)c1-c1ccc2c(c1)nc([C@@H]1CCCN1c1ccc(F)c(F)c1)n2C1CCC(O)CC1. The predicted octanol–water partition coefficient (Wildman–Crippen LogP) is 6.40. The van der Waals surface area contributed by atoms with E-state index in [1.165, 1.54) is 12.1 Å². The van der Waals surface area contributed by atoms with E-state index in [0.29, 0.717) is 5.69 Å². The van der Waals surface area contributed by atoms with Gasteiger partial charge in [0.2, 0.25) is 0 Å². The van der Waals surface area contributed by atoms with Gasteiger partial charge in [0.05, 0.1) is 28.9 Å². The number of hydrogen-bond acceptors (Lipinski definition) is 5. The third kappa shape index (κ3) is 3.88. The number of imidazole rings is 1. The lowest BCUT2D eigenvalue weighted by molar-refractivity contribution is 0.110. The molecule has 3 heterocycles. The third-order valence-electron chi connectivity index (χ3n) is 7.86. The number of fused-ring (bicyclic) bond motifs is 1. The van der Waals surface area contributed by atoms with Crippen molar-refractivity contribution in [3.63, 3.8) is 0 Å². The van der Waals surface area contributed by atoms with Gasteiger partial charge in [-0.15, -0.1) is 0 Å². The van der Waals surface area contributed by atoms with Gasteiger partial charge in [0, 0.05) is 29.9 Å². The van der Waals surface area contributed by atoms with E-state index in [2.05, 4.69) is 32.8 Å². The molecule has 0 spiro atoms. The third-order valence-corrected chi connectivity index (χ3v) is 7.86. The lowest BCUT2D eigenvalue weighted by Crippen LogP contribution is -2.28. The molecular weight excluding hydrogens is 462 g/mol. The Labute approximate surface area is 208 Å². The van der Waals surface area contributed by atoms with Crippen LogP contribution < -0.4 is 4.90 Å². The standard InChI is InChI=1S/C28H30F2N4O2/c1-16-27(17(2)36-32-16)18-5-12-25-24(14-18)31-28(34(25)19-6-9-21(35)10-7-19)26-4-3-13-33(26)20-8-11-22(29)23(30)15-20/h5,8,11-12,14-15,19,21,26,35H,3-4,6-7,9-10,13H2,1-2H3/t19?,21?,26-/m0/s1. The highest BCUT2D eigenvalue weighted by atomic mass is 19.2. The lowest BCUT2D eigenvalue weighted by Gasteiger charge is -2.32. The summed E-state index contributed by atoms with van der Waals surface area (Å²) in [5.74, 6) is 0.0454. The van der Waals surface area contributed by atoms with E-state index >= 15 is 0 Å². The Morgan fingerprint density at radius 3 is 2.50 bits per heavy atom. The molecule has 1 atom stereocenters. The molecule has 1 aliphatic carbocycles. The van der Waals surface area contributed by atoms with Crippen molar-refractivity contribution in [3.05, 3.63) is 65.3 Å². The molecule has 0 unspecified atom stereocenters. The van der Waals surface area contributed by atoms with Crippen molar-refractivity contribution >= 4 is 16.7 Å². The molecule has 6 nitrogen and oxygen atoms in total. The Balaban J connectivity index is 1.48. The second-order valence-electron chi connectivity index (χ2n) is 10.2. The first-order chi connectivity index (χ1) is 17.4. The molecule has 4 aromatic rings. The molecule has 1 aliphatic heterocycles. The van der Waals surface area contributed by atoms with Gasteiger partial charge in [0.1, 0.15) is 11.6 Å². The molecular formula is C28H30F2N4O2. The molecule has 8 heteroatoms. The largest absolute Gasteiger partial charge is 0.393 e. The van der Waals surface area contributed by atoms with Crippen LogP contribution in [0.4, 0.5) is 14.5 Å². The van der Waals surface area contributed by atoms with Crippen molar-refractivity contribution in [3.8, 4) is 11.1 Å². The second kappa shape index (κ2) is 9.00. The summed E-state index contributed by atoms with van der Waals surface area (Å²) in [5, 5.41) is 14.2. The van der Waals surface area contributed by atoms with Crippen molar-refractivity contribution in [2.45, 2.75) is 70.6 Å². The Morgan fingerprint density at radius 2 is 1.78 bits per heavy atom. The molecule has 1 saturated carbocycles. The fraction of sp³-hybridized carbons (Fsp3) is 0.429. The van der Waals surface area contributed by atoms with Crippen molar-refractivity contribution in [2.24, 2.45) is 0 Å². The van der Waals surface area contributed by atoms with Crippen LogP contribution in [0.15, 0.2) is 40.9 Å². The highest BCUT2D eigenvalue weighted by molar-refractivity contribution is 5.84. The summed E-state index contributed by atoms with van der Waals surface area (Å²) < 4.78 is 35.5. The minimum atomic E-state index is -0.839. The van der Waals surface area contributed by atoms with Gasteiger partial charge < -0.3 is 19.1 Å². The topological polar surface area (TPSA) is 67.3 Å². The molecule has 36 heavy (non-hydrogen) atoms. The number of aryl methyl sites for hydroxylation is 2. The molecule has 188 valence electrons. The monoisotopic (exact) mass is 492 g/mol. The van der Waals surface area contributed by atoms with E-state index in [1.807, 2.05) is 13.8 Å². The molecule has 2 aromatic carbocycles. The quantitative estimate of drug-likeness (QED) is 0.357. The van der Waals surface area contributed by atoms with E-state index < -0.39 is 11.6 Å². The molecule has 0 bridgehead atoms. The van der Waals surface area contributed by atoms with Crippen LogP contribution in [-0.2, 0) is 0 Å². The van der Waals surface area contributed by atoms with Crippen LogP contribution in [0.25, 0.3) is 22.2 Å². The van der Waals surface area contributed by atoms with Crippen molar-refractivity contribution in [2.75, 3.05) is 11.4 Å². The van der Waals surface area contributed by atoms with Crippen molar-refractivity contribution < 1.29 is 18.4 Å². The Bertz CT molecular complexity index is 1400. The van der Waals surface area contributed by atoms with Gasteiger partial charge in [-0.25, -0.2) is 13.8 Å². The van der Waals surface area contributed by atoms with Gasteiger partial charge in [-0.1, -0.05) is 11.2 Å². The number of aliphatic hydroxyl groups is 1. The molecule has 2 fully saturated rings. The summed E-state index contributed by atoms with van der Waals surface area (Å²) in [4.78, 5) is 7.32. The number of aromatic nitrogens is 3. The van der Waals surface area contributed by atoms with Crippen LogP contribution >= 0.6 is 0 Å². The molecule has 0 radical (unpaired) electrons. The Kier molecular flexibility index (Phi) is 5.79.